The minimum absolute atomic E-state index is 0.514. The number of anilines is 1. The first-order valence-corrected chi connectivity index (χ1v) is 5.91. The largest absolute Gasteiger partial charge is 0.370 e. The Kier molecular flexibility index (Phi) is 5.40. The molecule has 0 amide bonds. The number of hydrogen-bond acceptors (Lipinski definition) is 3. The van der Waals surface area contributed by atoms with Crippen molar-refractivity contribution in [2.75, 3.05) is 11.9 Å². The molecule has 1 aromatic heterocycles. The molecular weight excluding hydrogens is 210 g/mol. The van der Waals surface area contributed by atoms with Gasteiger partial charge in [0, 0.05) is 19.0 Å². The van der Waals surface area contributed by atoms with E-state index >= 15 is 0 Å². The van der Waals surface area contributed by atoms with Crippen LogP contribution in [0.3, 0.4) is 0 Å². The summed E-state index contributed by atoms with van der Waals surface area (Å²) in [6, 6.07) is 1.77. The molecule has 0 bridgehead atoms. The molecule has 0 saturated carbocycles. The van der Waals surface area contributed by atoms with Gasteiger partial charge in [-0.05, 0) is 6.42 Å². The van der Waals surface area contributed by atoms with E-state index in [1.807, 2.05) is 6.92 Å². The molecule has 0 aliphatic rings. The maximum Gasteiger partial charge on any atom is 0.134 e. The maximum absolute atomic E-state index is 5.88. The van der Waals surface area contributed by atoms with Crippen LogP contribution in [0.25, 0.3) is 0 Å². The van der Waals surface area contributed by atoms with Crippen molar-refractivity contribution in [1.29, 1.82) is 0 Å². The normalized spacial score (nSPS) is 10.3. The molecule has 1 heterocycles. The van der Waals surface area contributed by atoms with Crippen LogP contribution in [0.1, 0.15) is 38.9 Å². The van der Waals surface area contributed by atoms with Gasteiger partial charge < -0.3 is 5.32 Å². The molecular formula is C11H18ClN3. The first-order chi connectivity index (χ1) is 7.26. The van der Waals surface area contributed by atoms with Crippen LogP contribution in [0, 0.1) is 0 Å². The number of nitrogens with zero attached hydrogens (tertiary/aromatic N) is 2. The zero-order valence-corrected chi connectivity index (χ0v) is 10.1. The average molecular weight is 228 g/mol. The van der Waals surface area contributed by atoms with Crippen molar-refractivity contribution in [3.63, 3.8) is 0 Å². The second kappa shape index (κ2) is 6.62. The van der Waals surface area contributed by atoms with Crippen LogP contribution in [0.2, 0.25) is 5.15 Å². The smallest absolute Gasteiger partial charge is 0.134 e. The zero-order chi connectivity index (χ0) is 11.1. The fraction of sp³-hybridized carbons (Fsp3) is 0.636. The van der Waals surface area contributed by atoms with Gasteiger partial charge in [-0.15, -0.1) is 0 Å². The second-order valence-electron chi connectivity index (χ2n) is 3.48. The van der Waals surface area contributed by atoms with Crippen LogP contribution in [0.5, 0.6) is 0 Å². The van der Waals surface area contributed by atoms with E-state index in [0.717, 1.165) is 24.6 Å². The van der Waals surface area contributed by atoms with E-state index in [1.165, 1.54) is 19.3 Å². The van der Waals surface area contributed by atoms with Gasteiger partial charge in [0.05, 0.1) is 0 Å². The summed E-state index contributed by atoms with van der Waals surface area (Å²) in [4.78, 5) is 8.45. The van der Waals surface area contributed by atoms with Crippen LogP contribution in [0.15, 0.2) is 6.07 Å². The quantitative estimate of drug-likeness (QED) is 0.599. The predicted octanol–water partition coefficient (Wildman–Crippen LogP) is 3.29. The number of aromatic nitrogens is 2. The Morgan fingerprint density at radius 3 is 2.73 bits per heavy atom. The lowest BCUT2D eigenvalue weighted by atomic mass is 10.2. The summed E-state index contributed by atoms with van der Waals surface area (Å²) in [5, 5.41) is 3.77. The van der Waals surface area contributed by atoms with Gasteiger partial charge in [-0.2, -0.15) is 0 Å². The van der Waals surface area contributed by atoms with E-state index in [9.17, 15) is 0 Å². The standard InChI is InChI=1S/C11H18ClN3/c1-3-5-6-7-13-11-8-9(12)14-10(4-2)15-11/h8H,3-7H2,1-2H3,(H,13,14,15). The summed E-state index contributed by atoms with van der Waals surface area (Å²) in [6.45, 7) is 5.16. The highest BCUT2D eigenvalue weighted by Crippen LogP contribution is 2.12. The molecule has 0 aliphatic carbocycles. The van der Waals surface area contributed by atoms with Crippen molar-refractivity contribution in [2.45, 2.75) is 39.5 Å². The molecule has 0 fully saturated rings. The summed E-state index contributed by atoms with van der Waals surface area (Å²) in [7, 11) is 0. The molecule has 1 rings (SSSR count). The van der Waals surface area contributed by atoms with Crippen LogP contribution in [-0.2, 0) is 6.42 Å². The number of hydrogen-bond donors (Lipinski definition) is 1. The van der Waals surface area contributed by atoms with Crippen molar-refractivity contribution in [1.82, 2.24) is 9.97 Å². The molecule has 0 unspecified atom stereocenters. The van der Waals surface area contributed by atoms with E-state index in [0.29, 0.717) is 5.15 Å². The Hall–Kier alpha value is -0.830. The van der Waals surface area contributed by atoms with Gasteiger partial charge in [0.15, 0.2) is 0 Å². The summed E-state index contributed by atoms with van der Waals surface area (Å²) in [5.74, 6) is 1.63. The molecule has 1 N–H and O–H groups in total. The molecule has 84 valence electrons. The highest BCUT2D eigenvalue weighted by atomic mass is 35.5. The third-order valence-corrected chi connectivity index (χ3v) is 2.34. The van der Waals surface area contributed by atoms with Crippen LogP contribution >= 0.6 is 11.6 Å². The molecule has 1 aromatic rings. The minimum Gasteiger partial charge on any atom is -0.370 e. The molecule has 0 radical (unpaired) electrons. The van der Waals surface area contributed by atoms with Crippen LogP contribution in [-0.4, -0.2) is 16.5 Å². The van der Waals surface area contributed by atoms with Crippen molar-refractivity contribution >= 4 is 17.4 Å². The Bertz CT molecular complexity index is 302. The molecule has 0 aliphatic heterocycles. The summed E-state index contributed by atoms with van der Waals surface area (Å²) in [5.41, 5.74) is 0. The van der Waals surface area contributed by atoms with E-state index < -0.39 is 0 Å². The first-order valence-electron chi connectivity index (χ1n) is 5.53. The van der Waals surface area contributed by atoms with Crippen molar-refractivity contribution in [3.8, 4) is 0 Å². The highest BCUT2D eigenvalue weighted by molar-refractivity contribution is 6.29. The van der Waals surface area contributed by atoms with Gasteiger partial charge in [-0.1, -0.05) is 38.3 Å². The lowest BCUT2D eigenvalue weighted by molar-refractivity contribution is 0.741. The highest BCUT2D eigenvalue weighted by Gasteiger charge is 2.00. The average Bonchev–Trinajstić information content (AvgIpc) is 2.23. The number of unbranched alkanes of at least 4 members (excludes halogenated alkanes) is 2. The Labute approximate surface area is 96.3 Å². The van der Waals surface area contributed by atoms with Gasteiger partial charge in [-0.25, -0.2) is 9.97 Å². The van der Waals surface area contributed by atoms with E-state index in [4.69, 9.17) is 11.6 Å². The van der Waals surface area contributed by atoms with Crippen molar-refractivity contribution in [3.05, 3.63) is 17.0 Å². The van der Waals surface area contributed by atoms with E-state index in [2.05, 4.69) is 22.2 Å². The summed E-state index contributed by atoms with van der Waals surface area (Å²) < 4.78 is 0. The van der Waals surface area contributed by atoms with Crippen molar-refractivity contribution in [2.24, 2.45) is 0 Å². The molecule has 0 spiro atoms. The van der Waals surface area contributed by atoms with Gasteiger partial charge in [0.25, 0.3) is 0 Å². The third-order valence-electron chi connectivity index (χ3n) is 2.14. The molecule has 0 atom stereocenters. The fourth-order valence-corrected chi connectivity index (χ4v) is 1.51. The van der Waals surface area contributed by atoms with E-state index in [1.54, 1.807) is 6.07 Å². The number of rotatable bonds is 6. The number of halogens is 1. The van der Waals surface area contributed by atoms with Crippen LogP contribution in [0.4, 0.5) is 5.82 Å². The summed E-state index contributed by atoms with van der Waals surface area (Å²) >= 11 is 5.88. The molecule has 0 saturated heterocycles. The van der Waals surface area contributed by atoms with Gasteiger partial charge in [0.1, 0.15) is 16.8 Å². The topological polar surface area (TPSA) is 37.8 Å². The summed E-state index contributed by atoms with van der Waals surface area (Å²) in [6.07, 6.45) is 4.45. The number of nitrogens with one attached hydrogen (secondary N) is 1. The Morgan fingerprint density at radius 2 is 2.07 bits per heavy atom. The first kappa shape index (κ1) is 12.2. The molecule has 3 nitrogen and oxygen atoms in total. The van der Waals surface area contributed by atoms with Crippen molar-refractivity contribution < 1.29 is 0 Å². The van der Waals surface area contributed by atoms with E-state index in [-0.39, 0.29) is 0 Å². The monoisotopic (exact) mass is 227 g/mol. The fourth-order valence-electron chi connectivity index (χ4n) is 1.30. The number of aryl methyl sites for hydroxylation is 1. The lowest BCUT2D eigenvalue weighted by Crippen LogP contribution is -2.05. The lowest BCUT2D eigenvalue weighted by Gasteiger charge is -2.06. The minimum atomic E-state index is 0.514. The van der Waals surface area contributed by atoms with Gasteiger partial charge in [0.2, 0.25) is 0 Å². The third kappa shape index (κ3) is 4.47. The molecule has 0 aromatic carbocycles. The maximum atomic E-state index is 5.88. The molecule has 15 heavy (non-hydrogen) atoms. The second-order valence-corrected chi connectivity index (χ2v) is 3.87. The molecule has 4 heteroatoms. The van der Waals surface area contributed by atoms with Crippen LogP contribution < -0.4 is 5.32 Å². The Morgan fingerprint density at radius 1 is 1.27 bits per heavy atom. The zero-order valence-electron chi connectivity index (χ0n) is 9.39. The van der Waals surface area contributed by atoms with Gasteiger partial charge >= 0.3 is 0 Å². The SMILES string of the molecule is CCCCCNc1cc(Cl)nc(CC)n1. The predicted molar refractivity (Wildman–Crippen MR) is 64.4 cm³/mol. The Balaban J connectivity index is 2.49. The van der Waals surface area contributed by atoms with Gasteiger partial charge in [-0.3, -0.25) is 0 Å².